The molecule has 86 valence electrons. The minimum atomic E-state index is 0.922. The topological polar surface area (TPSA) is 15.2 Å². The summed E-state index contributed by atoms with van der Waals surface area (Å²) < 4.78 is 7.73. The largest absolute Gasteiger partial charge is 0.479 e. The molecule has 0 spiro atoms. The van der Waals surface area contributed by atoms with Crippen molar-refractivity contribution in [2.75, 3.05) is 0 Å². The Kier molecular flexibility index (Phi) is 1.86. The van der Waals surface area contributed by atoms with Gasteiger partial charge in [-0.15, -0.1) is 30.3 Å². The smallest absolute Gasteiger partial charge is 0.246 e. The summed E-state index contributed by atoms with van der Waals surface area (Å²) in [6, 6.07) is 17.6. The lowest BCUT2D eigenvalue weighted by Gasteiger charge is -2.16. The molecule has 18 heavy (non-hydrogen) atoms. The van der Waals surface area contributed by atoms with Crippen LogP contribution in [0.3, 0.4) is 0 Å². The Morgan fingerprint density at radius 2 is 1.89 bits per heavy atom. The van der Waals surface area contributed by atoms with E-state index in [1.165, 1.54) is 11.1 Å². The molecule has 2 nitrogen and oxygen atoms in total. The summed E-state index contributed by atoms with van der Waals surface area (Å²) in [6.45, 7) is 0. The lowest BCUT2D eigenvalue weighted by molar-refractivity contribution is -0.624. The van der Waals surface area contributed by atoms with Crippen LogP contribution in [-0.4, -0.2) is 0 Å². The Morgan fingerprint density at radius 1 is 1.00 bits per heavy atom. The fourth-order valence-corrected chi connectivity index (χ4v) is 2.46. The Bertz CT molecular complexity index is 740. The van der Waals surface area contributed by atoms with Crippen LogP contribution in [-0.2, 0) is 0 Å². The predicted octanol–water partition coefficient (Wildman–Crippen LogP) is 3.18. The molecule has 0 fully saturated rings. The van der Waals surface area contributed by atoms with Crippen LogP contribution in [0.1, 0.15) is 11.1 Å². The number of oxazole rings is 1. The zero-order valence-electron chi connectivity index (χ0n) is 9.71. The Morgan fingerprint density at radius 3 is 2.78 bits per heavy atom. The molecule has 3 aromatic rings. The lowest BCUT2D eigenvalue weighted by Crippen LogP contribution is -2.40. The molecule has 2 heteroatoms. The van der Waals surface area contributed by atoms with E-state index < -0.39 is 0 Å². The number of aromatic nitrogens is 1. The molecule has 0 N–H and O–H groups in total. The van der Waals surface area contributed by atoms with Crippen LogP contribution in [0.5, 0.6) is 0 Å². The van der Waals surface area contributed by atoms with Crippen molar-refractivity contribution in [1.82, 2.24) is 0 Å². The van der Waals surface area contributed by atoms with Crippen LogP contribution in [0, 0.1) is 6.04 Å². The first-order valence-electron chi connectivity index (χ1n) is 5.96. The van der Waals surface area contributed by atoms with Crippen LogP contribution in [0.2, 0.25) is 0 Å². The van der Waals surface area contributed by atoms with Gasteiger partial charge in [-0.2, -0.15) is 4.57 Å². The SMILES string of the molecule is C1=C[C-](c2ccccc2)[n+]2c[o+][c-]3cccc1c32. The highest BCUT2D eigenvalue weighted by Crippen LogP contribution is 2.26. The Labute approximate surface area is 105 Å². The van der Waals surface area contributed by atoms with Crippen LogP contribution < -0.4 is 4.57 Å². The lowest BCUT2D eigenvalue weighted by atomic mass is 10.0. The summed E-state index contributed by atoms with van der Waals surface area (Å²) in [5, 5.41) is 0. The molecule has 0 aliphatic carbocycles. The third-order valence-electron chi connectivity index (χ3n) is 3.31. The first-order chi connectivity index (χ1) is 8.93. The zero-order chi connectivity index (χ0) is 11.9. The molecule has 0 bridgehead atoms. The number of para-hydroxylation sites is 1. The maximum Gasteiger partial charge on any atom is 0.479 e. The highest BCUT2D eigenvalue weighted by Gasteiger charge is 2.25. The molecule has 0 radical (unpaired) electrons. The van der Waals surface area contributed by atoms with Crippen molar-refractivity contribution in [3.05, 3.63) is 78.2 Å². The van der Waals surface area contributed by atoms with Crippen molar-refractivity contribution in [1.29, 1.82) is 0 Å². The summed E-state index contributed by atoms with van der Waals surface area (Å²) >= 11 is 0. The molecule has 0 amide bonds. The number of hydrogen-bond donors (Lipinski definition) is 0. The normalized spacial score (nSPS) is 13.2. The second-order valence-electron chi connectivity index (χ2n) is 4.37. The molecule has 1 aromatic heterocycles. The monoisotopic (exact) mass is 233 g/mol. The minimum Gasteiger partial charge on any atom is -0.246 e. The van der Waals surface area contributed by atoms with Crippen LogP contribution in [0.15, 0.2) is 65.4 Å². The van der Waals surface area contributed by atoms with E-state index in [9.17, 15) is 0 Å². The van der Waals surface area contributed by atoms with E-state index in [0.717, 1.165) is 17.1 Å². The zero-order valence-corrected chi connectivity index (χ0v) is 9.71. The summed E-state index contributed by atoms with van der Waals surface area (Å²) in [6.07, 6.45) is 6.05. The number of hydrogen-bond acceptors (Lipinski definition) is 0. The van der Waals surface area contributed by atoms with Gasteiger partial charge >= 0.3 is 12.0 Å². The molecule has 4 rings (SSSR count). The number of benzene rings is 2. The minimum absolute atomic E-state index is 0.922. The molecule has 0 saturated heterocycles. The van der Waals surface area contributed by atoms with E-state index in [1.807, 2.05) is 18.2 Å². The van der Waals surface area contributed by atoms with Gasteiger partial charge in [0.25, 0.3) is 0 Å². The van der Waals surface area contributed by atoms with E-state index in [0.29, 0.717) is 0 Å². The second kappa shape index (κ2) is 3.50. The Hall–Kier alpha value is -2.48. The van der Waals surface area contributed by atoms with Gasteiger partial charge in [0.2, 0.25) is 0 Å². The van der Waals surface area contributed by atoms with Crippen LogP contribution >= 0.6 is 0 Å². The number of nitrogens with zero attached hydrogens (tertiary/aromatic N) is 1. The first-order valence-corrected chi connectivity index (χ1v) is 5.96. The van der Waals surface area contributed by atoms with E-state index in [-0.39, 0.29) is 0 Å². The average molecular weight is 233 g/mol. The Balaban J connectivity index is 1.98. The average Bonchev–Trinajstić information content (AvgIpc) is 2.87. The summed E-state index contributed by atoms with van der Waals surface area (Å²) in [5.41, 5.74) is 4.45. The van der Waals surface area contributed by atoms with Gasteiger partial charge in [-0.25, -0.2) is 4.42 Å². The standard InChI is InChI=1S/C16H11NO/c1-2-5-12(6-3-1)14-10-9-13-7-4-8-15-16(13)17(14)11-18-15/h1-11H. The third-order valence-corrected chi connectivity index (χ3v) is 3.31. The van der Waals surface area contributed by atoms with Crippen molar-refractivity contribution in [2.24, 2.45) is 0 Å². The fraction of sp³-hybridized carbons (Fsp3) is 0. The van der Waals surface area contributed by atoms with Gasteiger partial charge in [-0.05, 0) is 11.6 Å². The van der Waals surface area contributed by atoms with Gasteiger partial charge in [-0.3, -0.25) is 0 Å². The van der Waals surface area contributed by atoms with Crippen molar-refractivity contribution in [2.45, 2.75) is 0 Å². The quantitative estimate of drug-likeness (QED) is 0.358. The van der Waals surface area contributed by atoms with Gasteiger partial charge in [0.05, 0.1) is 0 Å². The van der Waals surface area contributed by atoms with Crippen molar-refractivity contribution >= 4 is 17.2 Å². The van der Waals surface area contributed by atoms with Gasteiger partial charge in [0.15, 0.2) is 11.6 Å². The highest BCUT2D eigenvalue weighted by molar-refractivity contribution is 5.82. The van der Waals surface area contributed by atoms with Gasteiger partial charge in [0.1, 0.15) is 0 Å². The highest BCUT2D eigenvalue weighted by atomic mass is 16.3. The van der Waals surface area contributed by atoms with Gasteiger partial charge < -0.3 is 0 Å². The van der Waals surface area contributed by atoms with Crippen molar-refractivity contribution in [3.8, 4) is 0 Å². The molecular formula is C16H11NO. The molecular weight excluding hydrogens is 222 g/mol. The van der Waals surface area contributed by atoms with Crippen molar-refractivity contribution in [3.63, 3.8) is 0 Å². The number of rotatable bonds is 1. The van der Waals surface area contributed by atoms with Gasteiger partial charge in [0, 0.05) is 0 Å². The first kappa shape index (κ1) is 9.54. The molecule has 1 aliphatic rings. The molecule has 0 saturated carbocycles. The van der Waals surface area contributed by atoms with E-state index in [1.54, 1.807) is 6.39 Å². The maximum absolute atomic E-state index is 5.61. The van der Waals surface area contributed by atoms with Crippen molar-refractivity contribution < 1.29 is 8.98 Å². The summed E-state index contributed by atoms with van der Waals surface area (Å²) in [5.74, 6) is 0. The van der Waals surface area contributed by atoms with E-state index in [4.69, 9.17) is 4.42 Å². The third kappa shape index (κ3) is 1.23. The molecule has 1 aliphatic heterocycles. The molecule has 2 heterocycles. The van der Waals surface area contributed by atoms with E-state index >= 15 is 0 Å². The number of allylic oxidation sites excluding steroid dienone is 1. The maximum atomic E-state index is 5.61. The summed E-state index contributed by atoms with van der Waals surface area (Å²) in [4.78, 5) is 0. The summed E-state index contributed by atoms with van der Waals surface area (Å²) in [7, 11) is 0. The fourth-order valence-electron chi connectivity index (χ4n) is 2.46. The van der Waals surface area contributed by atoms with Crippen LogP contribution in [0.25, 0.3) is 17.2 Å². The second-order valence-corrected chi connectivity index (χ2v) is 4.37. The molecule has 0 unspecified atom stereocenters. The van der Waals surface area contributed by atoms with Gasteiger partial charge in [-0.1, -0.05) is 29.8 Å². The molecule has 0 atom stereocenters. The van der Waals surface area contributed by atoms with E-state index in [2.05, 4.69) is 47.1 Å². The molecule has 2 aromatic carbocycles. The predicted molar refractivity (Wildman–Crippen MR) is 69.6 cm³/mol. The van der Waals surface area contributed by atoms with Crippen LogP contribution in [0.4, 0.5) is 0 Å².